The van der Waals surface area contributed by atoms with Crippen LogP contribution in [0, 0.1) is 29.1 Å². The predicted octanol–water partition coefficient (Wildman–Crippen LogP) is 4.84. The van der Waals surface area contributed by atoms with E-state index < -0.39 is 0 Å². The number of rotatable bonds is 5. The van der Waals surface area contributed by atoms with E-state index in [-0.39, 0.29) is 11.8 Å². The molecular formula is C25H34N2OS. The van der Waals surface area contributed by atoms with Crippen LogP contribution in [-0.4, -0.2) is 30.2 Å². The molecule has 0 saturated heterocycles. The van der Waals surface area contributed by atoms with Gasteiger partial charge < -0.3 is 5.73 Å². The Balaban J connectivity index is 1.37. The summed E-state index contributed by atoms with van der Waals surface area (Å²) in [5.41, 5.74) is 8.16. The van der Waals surface area contributed by atoms with Crippen LogP contribution in [0.3, 0.4) is 0 Å². The van der Waals surface area contributed by atoms with E-state index in [4.69, 9.17) is 5.73 Å². The van der Waals surface area contributed by atoms with E-state index in [1.54, 1.807) is 0 Å². The van der Waals surface area contributed by atoms with Gasteiger partial charge in [-0.15, -0.1) is 0 Å². The second-order valence-corrected chi connectivity index (χ2v) is 11.3. The van der Waals surface area contributed by atoms with Crippen LogP contribution in [0.15, 0.2) is 35.3 Å². The summed E-state index contributed by atoms with van der Waals surface area (Å²) >= 11 is 1.97. The maximum absolute atomic E-state index is 13.3. The number of amides is 1. The summed E-state index contributed by atoms with van der Waals surface area (Å²) in [7, 11) is 0. The van der Waals surface area contributed by atoms with E-state index in [0.717, 1.165) is 25.7 Å². The van der Waals surface area contributed by atoms with Crippen LogP contribution >= 0.6 is 11.8 Å². The number of carbonyl (C=O) groups excluding carboxylic acids is 1. The van der Waals surface area contributed by atoms with Crippen molar-refractivity contribution in [1.82, 2.24) is 0 Å². The summed E-state index contributed by atoms with van der Waals surface area (Å²) in [4.78, 5) is 17.9. The summed E-state index contributed by atoms with van der Waals surface area (Å²) in [6.45, 7) is 0. The van der Waals surface area contributed by atoms with Gasteiger partial charge in [-0.3, -0.25) is 4.79 Å². The van der Waals surface area contributed by atoms with Gasteiger partial charge in [0.15, 0.2) is 0 Å². The summed E-state index contributed by atoms with van der Waals surface area (Å²) in [5.74, 6) is 3.00. The average molecular weight is 411 g/mol. The van der Waals surface area contributed by atoms with Crippen LogP contribution in [0.5, 0.6) is 0 Å². The number of benzene rings is 1. The zero-order chi connectivity index (χ0) is 20.1. The molecule has 5 fully saturated rings. The number of hydrogen-bond acceptors (Lipinski definition) is 3. The van der Waals surface area contributed by atoms with Crippen LogP contribution in [0.1, 0.15) is 56.9 Å². The van der Waals surface area contributed by atoms with E-state index in [0.29, 0.717) is 34.6 Å². The van der Waals surface area contributed by atoms with Gasteiger partial charge in [0.25, 0.3) is 0 Å². The molecule has 4 heteroatoms. The van der Waals surface area contributed by atoms with Crippen molar-refractivity contribution < 1.29 is 4.79 Å². The van der Waals surface area contributed by atoms with Crippen molar-refractivity contribution in [3.8, 4) is 0 Å². The van der Waals surface area contributed by atoms with Gasteiger partial charge in [0, 0.05) is 18.2 Å². The standard InChI is InChI=1S/C25H34N2OS/c1-29-16-25-12-18-11-24(15-25,19-5-3-2-4-6-19)13-21(25)22(18)23(28)27-14-17-7-9-20(26)10-8-17/h2-6,14,17-18,20-22H,7-13,15-16,26H2,1H3/b27-14+. The molecule has 0 aromatic heterocycles. The van der Waals surface area contributed by atoms with Crippen LogP contribution in [0.2, 0.25) is 0 Å². The zero-order valence-electron chi connectivity index (χ0n) is 17.6. The minimum Gasteiger partial charge on any atom is -0.328 e. The molecule has 0 heterocycles. The van der Waals surface area contributed by atoms with Gasteiger partial charge in [-0.2, -0.15) is 11.8 Å². The molecule has 5 saturated carbocycles. The number of aliphatic imine (C=N–C) groups is 1. The molecule has 0 radical (unpaired) electrons. The fraction of sp³-hybridized carbons (Fsp3) is 0.680. The predicted molar refractivity (Wildman–Crippen MR) is 121 cm³/mol. The molecule has 6 rings (SSSR count). The van der Waals surface area contributed by atoms with Gasteiger partial charge in [0.2, 0.25) is 5.91 Å². The third-order valence-corrected chi connectivity index (χ3v) is 9.55. The Labute approximate surface area is 179 Å². The lowest BCUT2D eigenvalue weighted by Crippen LogP contribution is -2.38. The molecule has 0 aliphatic heterocycles. The van der Waals surface area contributed by atoms with E-state index >= 15 is 0 Å². The number of hydrogen-bond donors (Lipinski definition) is 1. The highest BCUT2D eigenvalue weighted by atomic mass is 32.2. The normalized spacial score (nSPS) is 43.3. The smallest absolute Gasteiger partial charge is 0.249 e. The number of nitrogens with two attached hydrogens (primary N) is 1. The molecule has 156 valence electrons. The highest BCUT2D eigenvalue weighted by molar-refractivity contribution is 7.98. The third kappa shape index (κ3) is 3.31. The van der Waals surface area contributed by atoms with Gasteiger partial charge >= 0.3 is 0 Å². The Morgan fingerprint density at radius 1 is 1.17 bits per heavy atom. The van der Waals surface area contributed by atoms with Gasteiger partial charge in [0.05, 0.1) is 0 Å². The maximum Gasteiger partial charge on any atom is 0.249 e. The van der Waals surface area contributed by atoms with Crippen molar-refractivity contribution in [3.63, 3.8) is 0 Å². The molecule has 1 aromatic rings. The summed E-state index contributed by atoms with van der Waals surface area (Å²) in [6.07, 6.45) is 13.4. The fourth-order valence-corrected chi connectivity index (χ4v) is 8.66. The number of carbonyl (C=O) groups is 1. The molecule has 4 bridgehead atoms. The van der Waals surface area contributed by atoms with E-state index in [1.165, 1.54) is 37.0 Å². The van der Waals surface area contributed by atoms with Crippen molar-refractivity contribution in [3.05, 3.63) is 35.9 Å². The van der Waals surface area contributed by atoms with Gasteiger partial charge in [0.1, 0.15) is 0 Å². The SMILES string of the molecule is CSCC12CC3CC(c4ccccc4)(CC1C3C(=O)/N=C/C1CCC(N)CC1)C2. The first-order chi connectivity index (χ1) is 14.1. The Bertz CT molecular complexity index is 787. The van der Waals surface area contributed by atoms with Gasteiger partial charge in [-0.25, -0.2) is 4.99 Å². The fourth-order valence-electron chi connectivity index (χ4n) is 7.65. The molecule has 3 nitrogen and oxygen atoms in total. The van der Waals surface area contributed by atoms with Crippen LogP contribution < -0.4 is 5.73 Å². The lowest BCUT2D eigenvalue weighted by molar-refractivity contribution is -0.125. The minimum atomic E-state index is 0.156. The van der Waals surface area contributed by atoms with Crippen molar-refractivity contribution in [2.24, 2.45) is 39.8 Å². The zero-order valence-corrected chi connectivity index (χ0v) is 18.4. The van der Waals surface area contributed by atoms with Gasteiger partial charge in [-0.05, 0) is 97.5 Å². The van der Waals surface area contributed by atoms with Crippen LogP contribution in [0.4, 0.5) is 0 Å². The first-order valence-corrected chi connectivity index (χ1v) is 12.8. The molecule has 5 atom stereocenters. The lowest BCUT2D eigenvalue weighted by atomic mass is 9.62. The lowest BCUT2D eigenvalue weighted by Gasteiger charge is -2.42. The summed E-state index contributed by atoms with van der Waals surface area (Å²) in [6, 6.07) is 11.5. The second-order valence-electron chi connectivity index (χ2n) is 10.4. The van der Waals surface area contributed by atoms with E-state index in [9.17, 15) is 4.79 Å². The van der Waals surface area contributed by atoms with Crippen molar-refractivity contribution in [1.29, 1.82) is 0 Å². The second kappa shape index (κ2) is 7.53. The highest BCUT2D eigenvalue weighted by Gasteiger charge is 2.69. The van der Waals surface area contributed by atoms with Crippen LogP contribution in [-0.2, 0) is 10.2 Å². The number of thioether (sulfide) groups is 1. The highest BCUT2D eigenvalue weighted by Crippen LogP contribution is 2.73. The summed E-state index contributed by atoms with van der Waals surface area (Å²) in [5, 5.41) is 0. The largest absolute Gasteiger partial charge is 0.328 e. The van der Waals surface area contributed by atoms with Crippen molar-refractivity contribution in [2.75, 3.05) is 12.0 Å². The maximum atomic E-state index is 13.3. The van der Waals surface area contributed by atoms with E-state index in [2.05, 4.69) is 41.6 Å². The summed E-state index contributed by atoms with van der Waals surface area (Å²) < 4.78 is 0. The Morgan fingerprint density at radius 3 is 2.66 bits per heavy atom. The molecular weight excluding hydrogens is 376 g/mol. The molecule has 5 aliphatic carbocycles. The average Bonchev–Trinajstić information content (AvgIpc) is 3.09. The third-order valence-electron chi connectivity index (χ3n) is 8.68. The van der Waals surface area contributed by atoms with Crippen molar-refractivity contribution in [2.45, 2.75) is 62.8 Å². The monoisotopic (exact) mass is 410 g/mol. The first kappa shape index (κ1) is 19.8. The van der Waals surface area contributed by atoms with Crippen molar-refractivity contribution >= 4 is 23.9 Å². The van der Waals surface area contributed by atoms with Gasteiger partial charge in [-0.1, -0.05) is 30.3 Å². The topological polar surface area (TPSA) is 55.5 Å². The minimum absolute atomic E-state index is 0.156. The molecule has 1 aromatic carbocycles. The molecule has 2 N–H and O–H groups in total. The van der Waals surface area contributed by atoms with Crippen LogP contribution in [0.25, 0.3) is 0 Å². The quantitative estimate of drug-likeness (QED) is 0.707. The molecule has 5 aliphatic rings. The Hall–Kier alpha value is -1.13. The Kier molecular flexibility index (Phi) is 5.14. The molecule has 5 unspecified atom stereocenters. The first-order valence-electron chi connectivity index (χ1n) is 11.4. The molecule has 1 amide bonds. The van der Waals surface area contributed by atoms with E-state index in [1.807, 2.05) is 18.0 Å². The number of nitrogens with zero attached hydrogens (tertiary/aromatic N) is 1. The molecule has 29 heavy (non-hydrogen) atoms. The Morgan fingerprint density at radius 2 is 1.93 bits per heavy atom. The molecule has 0 spiro atoms.